The van der Waals surface area contributed by atoms with Crippen molar-refractivity contribution in [3.63, 3.8) is 0 Å². The standard InChI is InChI=1S/C23H32O3/c1-16-18-12-13-19(14-18)22(16)23(24-2)26-21-11-7-6-10-20(21)25-15-17-8-4-3-5-9-17/h3-5,8-9,12-13,16,18-23H,6-7,10-11,14-15H2,1-2H3/t16-,18+,19-,20-,21+,22+,23+/m0/s1. The summed E-state index contributed by atoms with van der Waals surface area (Å²) in [4.78, 5) is 0. The Morgan fingerprint density at radius 2 is 1.73 bits per heavy atom. The summed E-state index contributed by atoms with van der Waals surface area (Å²) < 4.78 is 18.7. The molecule has 0 aliphatic heterocycles. The van der Waals surface area contributed by atoms with Crippen LogP contribution < -0.4 is 0 Å². The van der Waals surface area contributed by atoms with E-state index < -0.39 is 0 Å². The maximum Gasteiger partial charge on any atom is 0.161 e. The smallest absolute Gasteiger partial charge is 0.161 e. The van der Waals surface area contributed by atoms with Crippen LogP contribution in [0.3, 0.4) is 0 Å². The van der Waals surface area contributed by atoms with Gasteiger partial charge >= 0.3 is 0 Å². The molecule has 0 amide bonds. The van der Waals surface area contributed by atoms with E-state index >= 15 is 0 Å². The maximum absolute atomic E-state index is 6.57. The molecular formula is C23H32O3. The van der Waals surface area contributed by atoms with Crippen molar-refractivity contribution in [2.45, 2.75) is 64.1 Å². The molecule has 4 rings (SSSR count). The summed E-state index contributed by atoms with van der Waals surface area (Å²) in [5.74, 6) is 2.45. The van der Waals surface area contributed by atoms with Gasteiger partial charge in [-0.05, 0) is 42.6 Å². The lowest BCUT2D eigenvalue weighted by atomic mass is 9.83. The topological polar surface area (TPSA) is 27.7 Å². The largest absolute Gasteiger partial charge is 0.371 e. The Bertz CT molecular complexity index is 599. The second-order valence-corrected chi connectivity index (χ2v) is 8.28. The molecule has 0 radical (unpaired) electrons. The van der Waals surface area contributed by atoms with Crippen molar-refractivity contribution in [1.29, 1.82) is 0 Å². The lowest BCUT2D eigenvalue weighted by Crippen LogP contribution is -2.42. The average molecular weight is 357 g/mol. The van der Waals surface area contributed by atoms with Crippen molar-refractivity contribution in [3.8, 4) is 0 Å². The van der Waals surface area contributed by atoms with E-state index in [-0.39, 0.29) is 18.5 Å². The fraction of sp³-hybridized carbons (Fsp3) is 0.652. The van der Waals surface area contributed by atoms with E-state index in [0.717, 1.165) is 12.8 Å². The molecule has 1 aromatic carbocycles. The van der Waals surface area contributed by atoms with Crippen molar-refractivity contribution in [2.24, 2.45) is 23.7 Å². The van der Waals surface area contributed by atoms with Gasteiger partial charge in [-0.3, -0.25) is 0 Å². The van der Waals surface area contributed by atoms with Crippen molar-refractivity contribution in [2.75, 3.05) is 7.11 Å². The molecule has 0 saturated heterocycles. The summed E-state index contributed by atoms with van der Waals surface area (Å²) in [6, 6.07) is 10.4. The molecule has 26 heavy (non-hydrogen) atoms. The number of benzene rings is 1. The molecular weight excluding hydrogens is 324 g/mol. The summed E-state index contributed by atoms with van der Waals surface area (Å²) in [5.41, 5.74) is 1.23. The molecule has 2 fully saturated rings. The molecule has 2 bridgehead atoms. The van der Waals surface area contributed by atoms with Crippen LogP contribution in [0.5, 0.6) is 0 Å². The minimum atomic E-state index is -0.115. The van der Waals surface area contributed by atoms with Crippen LogP contribution >= 0.6 is 0 Å². The van der Waals surface area contributed by atoms with Gasteiger partial charge in [0.05, 0.1) is 18.8 Å². The van der Waals surface area contributed by atoms with Gasteiger partial charge in [-0.15, -0.1) is 0 Å². The second kappa shape index (κ2) is 8.24. The maximum atomic E-state index is 6.57. The number of fused-ring (bicyclic) bond motifs is 2. The number of methoxy groups -OCH3 is 1. The number of hydrogen-bond donors (Lipinski definition) is 0. The Labute approximate surface area is 157 Å². The lowest BCUT2D eigenvalue weighted by Gasteiger charge is -2.38. The molecule has 1 aromatic rings. The molecule has 0 aromatic heterocycles. The first-order chi connectivity index (χ1) is 12.8. The van der Waals surface area contributed by atoms with E-state index in [9.17, 15) is 0 Å². The summed E-state index contributed by atoms with van der Waals surface area (Å²) >= 11 is 0. The van der Waals surface area contributed by atoms with Gasteiger partial charge in [-0.2, -0.15) is 0 Å². The van der Waals surface area contributed by atoms with Crippen molar-refractivity contribution < 1.29 is 14.2 Å². The highest BCUT2D eigenvalue weighted by Crippen LogP contribution is 2.50. The predicted molar refractivity (Wildman–Crippen MR) is 103 cm³/mol. The summed E-state index contributed by atoms with van der Waals surface area (Å²) in [5, 5.41) is 0. The van der Waals surface area contributed by atoms with Gasteiger partial charge in [0.15, 0.2) is 6.29 Å². The highest BCUT2D eigenvalue weighted by Gasteiger charge is 2.47. The first kappa shape index (κ1) is 18.2. The SMILES string of the molecule is CO[C@H](O[C@@H]1CCCC[C@@H]1OCc1ccccc1)[C@@H]1[C@@H](C)[C@@H]2C=C[C@H]1C2. The molecule has 0 spiro atoms. The van der Waals surface area contributed by atoms with Crippen LogP contribution in [0.4, 0.5) is 0 Å². The Hall–Kier alpha value is -1.16. The van der Waals surface area contributed by atoms with E-state index in [1.807, 2.05) is 6.07 Å². The highest BCUT2D eigenvalue weighted by molar-refractivity contribution is 5.14. The Kier molecular flexibility index (Phi) is 5.78. The third-order valence-electron chi connectivity index (χ3n) is 6.73. The predicted octanol–water partition coefficient (Wildman–Crippen LogP) is 4.96. The Morgan fingerprint density at radius 3 is 2.42 bits per heavy atom. The fourth-order valence-electron chi connectivity index (χ4n) is 5.22. The van der Waals surface area contributed by atoms with Crippen LogP contribution in [0.25, 0.3) is 0 Å². The fourth-order valence-corrected chi connectivity index (χ4v) is 5.22. The van der Waals surface area contributed by atoms with E-state index in [1.54, 1.807) is 7.11 Å². The molecule has 2 saturated carbocycles. The van der Waals surface area contributed by atoms with Gasteiger partial charge in [0.1, 0.15) is 0 Å². The van der Waals surface area contributed by atoms with Crippen LogP contribution in [-0.4, -0.2) is 25.6 Å². The number of hydrogen-bond acceptors (Lipinski definition) is 3. The van der Waals surface area contributed by atoms with Crippen LogP contribution in [0.2, 0.25) is 0 Å². The summed E-state index contributed by atoms with van der Waals surface area (Å²) in [7, 11) is 1.80. The second-order valence-electron chi connectivity index (χ2n) is 8.28. The third-order valence-corrected chi connectivity index (χ3v) is 6.73. The molecule has 0 heterocycles. The first-order valence-corrected chi connectivity index (χ1v) is 10.3. The summed E-state index contributed by atoms with van der Waals surface area (Å²) in [6.45, 7) is 3.02. The average Bonchev–Trinajstić information content (AvgIpc) is 3.28. The number of rotatable bonds is 7. The van der Waals surface area contributed by atoms with Gasteiger partial charge in [-0.25, -0.2) is 0 Å². The molecule has 0 N–H and O–H groups in total. The molecule has 0 unspecified atom stereocenters. The van der Waals surface area contributed by atoms with Gasteiger partial charge in [-0.1, -0.05) is 62.2 Å². The number of ether oxygens (including phenoxy) is 3. The number of allylic oxidation sites excluding steroid dienone is 2. The van der Waals surface area contributed by atoms with Crippen LogP contribution in [-0.2, 0) is 20.8 Å². The van der Waals surface area contributed by atoms with E-state index in [1.165, 1.54) is 24.8 Å². The van der Waals surface area contributed by atoms with Gasteiger partial charge in [0, 0.05) is 13.0 Å². The minimum Gasteiger partial charge on any atom is -0.371 e. The Balaban J connectivity index is 1.38. The zero-order chi connectivity index (χ0) is 17.9. The monoisotopic (exact) mass is 356 g/mol. The van der Waals surface area contributed by atoms with Gasteiger partial charge < -0.3 is 14.2 Å². The zero-order valence-corrected chi connectivity index (χ0v) is 16.1. The summed E-state index contributed by atoms with van der Waals surface area (Å²) in [6.07, 6.45) is 10.9. The van der Waals surface area contributed by atoms with Crippen LogP contribution in [0.1, 0.15) is 44.6 Å². The van der Waals surface area contributed by atoms with Crippen LogP contribution in [0, 0.1) is 23.7 Å². The molecule has 3 aliphatic carbocycles. The quantitative estimate of drug-likeness (QED) is 0.510. The van der Waals surface area contributed by atoms with Crippen molar-refractivity contribution >= 4 is 0 Å². The first-order valence-electron chi connectivity index (χ1n) is 10.3. The Morgan fingerprint density at radius 1 is 1.00 bits per heavy atom. The lowest BCUT2D eigenvalue weighted by molar-refractivity contribution is -0.226. The van der Waals surface area contributed by atoms with E-state index in [0.29, 0.717) is 30.3 Å². The molecule has 142 valence electrons. The van der Waals surface area contributed by atoms with E-state index in [4.69, 9.17) is 14.2 Å². The normalized spacial score (nSPS) is 37.2. The molecule has 7 atom stereocenters. The highest BCUT2D eigenvalue weighted by atomic mass is 16.7. The molecule has 3 aliphatic rings. The van der Waals surface area contributed by atoms with Crippen LogP contribution in [0.15, 0.2) is 42.5 Å². The van der Waals surface area contributed by atoms with E-state index in [2.05, 4.69) is 43.3 Å². The third kappa shape index (κ3) is 3.76. The zero-order valence-electron chi connectivity index (χ0n) is 16.1. The van der Waals surface area contributed by atoms with Crippen molar-refractivity contribution in [3.05, 3.63) is 48.0 Å². The molecule has 3 nitrogen and oxygen atoms in total. The van der Waals surface area contributed by atoms with Crippen molar-refractivity contribution in [1.82, 2.24) is 0 Å². The molecule has 3 heteroatoms. The van der Waals surface area contributed by atoms with Gasteiger partial charge in [0.25, 0.3) is 0 Å². The minimum absolute atomic E-state index is 0.115. The van der Waals surface area contributed by atoms with Gasteiger partial charge in [0.2, 0.25) is 0 Å².